The largest absolute Gasteiger partial charge is 0.311 e. The Hall–Kier alpha value is -1.33. The van der Waals surface area contributed by atoms with Gasteiger partial charge in [-0.25, -0.2) is 14.4 Å². The molecule has 0 amide bonds. The molecule has 0 aliphatic carbocycles. The molecule has 1 aromatic carbocycles. The Morgan fingerprint density at radius 2 is 2.16 bits per heavy atom. The van der Waals surface area contributed by atoms with Gasteiger partial charge in [-0.2, -0.15) is 0 Å². The Morgan fingerprint density at radius 3 is 2.79 bits per heavy atom. The van der Waals surface area contributed by atoms with E-state index in [0.29, 0.717) is 4.47 Å². The fourth-order valence-electron chi connectivity index (χ4n) is 1.93. The highest BCUT2D eigenvalue weighted by Gasteiger charge is 2.13. The number of aromatic nitrogens is 2. The van der Waals surface area contributed by atoms with E-state index in [1.807, 2.05) is 20.0 Å². The highest BCUT2D eigenvalue weighted by Crippen LogP contribution is 2.21. The van der Waals surface area contributed by atoms with Crippen molar-refractivity contribution in [3.8, 4) is 0 Å². The average molecular weight is 324 g/mol. The second kappa shape index (κ2) is 6.21. The Balaban J connectivity index is 2.21. The number of halogens is 2. The number of rotatable bonds is 4. The van der Waals surface area contributed by atoms with Gasteiger partial charge in [-0.3, -0.25) is 0 Å². The first kappa shape index (κ1) is 14.1. The van der Waals surface area contributed by atoms with Gasteiger partial charge in [0.25, 0.3) is 0 Å². The van der Waals surface area contributed by atoms with E-state index in [4.69, 9.17) is 0 Å². The molecule has 0 radical (unpaired) electrons. The van der Waals surface area contributed by atoms with Crippen molar-refractivity contribution in [2.45, 2.75) is 19.4 Å². The van der Waals surface area contributed by atoms with Gasteiger partial charge < -0.3 is 5.32 Å². The monoisotopic (exact) mass is 323 g/mol. The van der Waals surface area contributed by atoms with Gasteiger partial charge in [0.2, 0.25) is 0 Å². The molecule has 1 heterocycles. The lowest BCUT2D eigenvalue weighted by Gasteiger charge is -2.16. The number of likely N-dealkylation sites (N-methyl/N-ethyl adjacent to an activating group) is 1. The summed E-state index contributed by atoms with van der Waals surface area (Å²) in [6.07, 6.45) is 2.49. The summed E-state index contributed by atoms with van der Waals surface area (Å²) in [7, 11) is 1.89. The molecule has 1 unspecified atom stereocenters. The summed E-state index contributed by atoms with van der Waals surface area (Å²) in [6.45, 7) is 1.87. The van der Waals surface area contributed by atoms with Crippen LogP contribution in [0.5, 0.6) is 0 Å². The molecule has 2 rings (SSSR count). The summed E-state index contributed by atoms with van der Waals surface area (Å²) >= 11 is 3.20. The lowest BCUT2D eigenvalue weighted by atomic mass is 10.0. The molecule has 1 N–H and O–H groups in total. The molecule has 100 valence electrons. The Kier molecular flexibility index (Phi) is 4.61. The summed E-state index contributed by atoms with van der Waals surface area (Å²) < 4.78 is 13.7. The van der Waals surface area contributed by atoms with Crippen LogP contribution in [0.1, 0.15) is 23.1 Å². The molecule has 0 saturated carbocycles. The molecular weight excluding hydrogens is 309 g/mol. The van der Waals surface area contributed by atoms with Crippen LogP contribution in [0.2, 0.25) is 0 Å². The molecule has 1 atom stereocenters. The predicted octanol–water partition coefficient (Wildman–Crippen LogP) is 3.19. The van der Waals surface area contributed by atoms with Crippen LogP contribution in [0.3, 0.4) is 0 Å². The maximum atomic E-state index is 13.2. The summed E-state index contributed by atoms with van der Waals surface area (Å²) in [5.41, 5.74) is 1.99. The maximum absolute atomic E-state index is 13.2. The van der Waals surface area contributed by atoms with Crippen molar-refractivity contribution >= 4 is 15.9 Å². The smallest absolute Gasteiger partial charge is 0.137 e. The maximum Gasteiger partial charge on any atom is 0.137 e. The van der Waals surface area contributed by atoms with E-state index in [1.54, 1.807) is 18.3 Å². The number of aryl methyl sites for hydroxylation is 1. The van der Waals surface area contributed by atoms with Gasteiger partial charge in [-0.15, -0.1) is 0 Å². The first-order valence-electron chi connectivity index (χ1n) is 6.01. The van der Waals surface area contributed by atoms with E-state index in [-0.39, 0.29) is 11.9 Å². The van der Waals surface area contributed by atoms with E-state index >= 15 is 0 Å². The van der Waals surface area contributed by atoms with Gasteiger partial charge in [0.1, 0.15) is 11.6 Å². The van der Waals surface area contributed by atoms with Crippen molar-refractivity contribution in [2.75, 3.05) is 7.05 Å². The minimum absolute atomic E-state index is 0.0825. The van der Waals surface area contributed by atoms with E-state index < -0.39 is 0 Å². The van der Waals surface area contributed by atoms with Gasteiger partial charge in [-0.05, 0) is 60.1 Å². The fourth-order valence-corrected chi connectivity index (χ4v) is 2.35. The van der Waals surface area contributed by atoms with Crippen LogP contribution in [0.25, 0.3) is 0 Å². The van der Waals surface area contributed by atoms with Crippen molar-refractivity contribution in [1.82, 2.24) is 15.3 Å². The normalized spacial score (nSPS) is 12.4. The van der Waals surface area contributed by atoms with Crippen LogP contribution in [0.4, 0.5) is 4.39 Å². The molecule has 1 aromatic heterocycles. The van der Waals surface area contributed by atoms with E-state index in [9.17, 15) is 4.39 Å². The minimum Gasteiger partial charge on any atom is -0.311 e. The molecule has 0 spiro atoms. The fraction of sp³-hybridized carbons (Fsp3) is 0.286. The summed E-state index contributed by atoms with van der Waals surface area (Å²) in [5.74, 6) is 0.501. The number of hydrogen-bond acceptors (Lipinski definition) is 3. The molecule has 3 nitrogen and oxygen atoms in total. The minimum atomic E-state index is -0.248. The van der Waals surface area contributed by atoms with Crippen LogP contribution in [0, 0.1) is 12.7 Å². The van der Waals surface area contributed by atoms with E-state index in [1.165, 1.54) is 6.07 Å². The molecule has 0 bridgehead atoms. The van der Waals surface area contributed by atoms with E-state index in [2.05, 4.69) is 31.2 Å². The molecule has 0 aliphatic rings. The molecule has 0 aliphatic heterocycles. The van der Waals surface area contributed by atoms with E-state index in [0.717, 1.165) is 23.5 Å². The van der Waals surface area contributed by atoms with Gasteiger partial charge in [0, 0.05) is 6.20 Å². The third kappa shape index (κ3) is 3.58. The third-order valence-corrected chi connectivity index (χ3v) is 3.53. The second-order valence-electron chi connectivity index (χ2n) is 4.32. The second-order valence-corrected chi connectivity index (χ2v) is 5.18. The number of nitrogens with one attached hydrogen (secondary N) is 1. The Bertz CT molecular complexity index is 574. The molecular formula is C14H15BrFN3. The zero-order valence-electron chi connectivity index (χ0n) is 10.8. The standard InChI is InChI=1S/C14H15BrFN3/c1-9-18-6-5-13(19-9)14(17-2)8-10-3-4-12(16)11(15)7-10/h3-7,14,17H,8H2,1-2H3. The SMILES string of the molecule is CNC(Cc1ccc(F)c(Br)c1)c1ccnc(C)n1. The van der Waals surface area contributed by atoms with Crippen molar-refractivity contribution in [1.29, 1.82) is 0 Å². The molecule has 0 saturated heterocycles. The molecule has 0 fully saturated rings. The molecule has 2 aromatic rings. The average Bonchev–Trinajstić information content (AvgIpc) is 2.40. The Morgan fingerprint density at radius 1 is 1.37 bits per heavy atom. The van der Waals surface area contributed by atoms with Crippen molar-refractivity contribution in [2.24, 2.45) is 0 Å². The zero-order valence-corrected chi connectivity index (χ0v) is 12.4. The third-order valence-electron chi connectivity index (χ3n) is 2.93. The number of hydrogen-bond donors (Lipinski definition) is 1. The summed E-state index contributed by atoms with van der Waals surface area (Å²) in [4.78, 5) is 8.51. The topological polar surface area (TPSA) is 37.8 Å². The van der Waals surface area contributed by atoms with Gasteiger partial charge in [0.05, 0.1) is 16.2 Å². The number of nitrogens with zero attached hydrogens (tertiary/aromatic N) is 2. The van der Waals surface area contributed by atoms with Gasteiger partial charge in [-0.1, -0.05) is 6.07 Å². The van der Waals surface area contributed by atoms with Crippen LogP contribution < -0.4 is 5.32 Å². The van der Waals surface area contributed by atoms with Crippen LogP contribution in [0.15, 0.2) is 34.9 Å². The van der Waals surface area contributed by atoms with Crippen molar-refractivity contribution in [3.63, 3.8) is 0 Å². The van der Waals surface area contributed by atoms with Crippen molar-refractivity contribution < 1.29 is 4.39 Å². The first-order valence-corrected chi connectivity index (χ1v) is 6.80. The summed E-state index contributed by atoms with van der Waals surface area (Å²) in [6, 6.07) is 7.04. The van der Waals surface area contributed by atoms with Crippen LogP contribution >= 0.6 is 15.9 Å². The van der Waals surface area contributed by atoms with Crippen LogP contribution in [-0.4, -0.2) is 17.0 Å². The Labute approximate surface area is 120 Å². The highest BCUT2D eigenvalue weighted by molar-refractivity contribution is 9.10. The van der Waals surface area contributed by atoms with Crippen LogP contribution in [-0.2, 0) is 6.42 Å². The summed E-state index contributed by atoms with van der Waals surface area (Å²) in [5, 5.41) is 3.23. The number of benzene rings is 1. The lowest BCUT2D eigenvalue weighted by Crippen LogP contribution is -2.20. The predicted molar refractivity (Wildman–Crippen MR) is 76.4 cm³/mol. The molecule has 5 heteroatoms. The van der Waals surface area contributed by atoms with Gasteiger partial charge in [0.15, 0.2) is 0 Å². The quantitative estimate of drug-likeness (QED) is 0.939. The highest BCUT2D eigenvalue weighted by atomic mass is 79.9. The lowest BCUT2D eigenvalue weighted by molar-refractivity contribution is 0.569. The first-order chi connectivity index (χ1) is 9.10. The molecule has 19 heavy (non-hydrogen) atoms. The van der Waals surface area contributed by atoms with Gasteiger partial charge >= 0.3 is 0 Å². The zero-order chi connectivity index (χ0) is 13.8. The van der Waals surface area contributed by atoms with Crippen molar-refractivity contribution in [3.05, 3.63) is 57.8 Å².